The number of thiophene rings is 1. The summed E-state index contributed by atoms with van der Waals surface area (Å²) in [5, 5.41) is 4.94. The van der Waals surface area contributed by atoms with Crippen molar-refractivity contribution in [2.45, 2.75) is 12.8 Å². The maximum Gasteiger partial charge on any atom is 0.263 e. The molecule has 0 bridgehead atoms. The summed E-state index contributed by atoms with van der Waals surface area (Å²) < 4.78 is 12.9. The summed E-state index contributed by atoms with van der Waals surface area (Å²) in [7, 11) is 0. The van der Waals surface area contributed by atoms with Gasteiger partial charge in [0.2, 0.25) is 5.91 Å². The number of carbonyl (C=O) groups excluding carboxylic acids is 2. The van der Waals surface area contributed by atoms with Gasteiger partial charge in [0, 0.05) is 24.7 Å². The van der Waals surface area contributed by atoms with E-state index in [1.54, 1.807) is 17.0 Å². The Morgan fingerprint density at radius 1 is 1.11 bits per heavy atom. The number of nitrogens with zero attached hydrogens (tertiary/aromatic N) is 1. The number of piperidine rings is 1. The first-order valence-corrected chi connectivity index (χ1v) is 9.77. The summed E-state index contributed by atoms with van der Waals surface area (Å²) in [4.78, 5) is 27.1. The third kappa shape index (κ3) is 5.24. The molecule has 1 aliphatic heterocycles. The van der Waals surface area contributed by atoms with E-state index in [2.05, 4.69) is 16.2 Å². The van der Waals surface area contributed by atoms with Crippen LogP contribution in [0.5, 0.6) is 0 Å². The van der Waals surface area contributed by atoms with Crippen molar-refractivity contribution in [3.05, 3.63) is 52.5 Å². The number of rotatable bonds is 3. The number of halogens is 1. The summed E-state index contributed by atoms with van der Waals surface area (Å²) in [5.41, 5.74) is 5.85. The van der Waals surface area contributed by atoms with Crippen molar-refractivity contribution in [1.29, 1.82) is 0 Å². The molecule has 1 aliphatic rings. The van der Waals surface area contributed by atoms with Gasteiger partial charge in [0.05, 0.1) is 4.88 Å². The molecule has 2 amide bonds. The lowest BCUT2D eigenvalue weighted by molar-refractivity contribution is -0.126. The van der Waals surface area contributed by atoms with Crippen molar-refractivity contribution in [3.8, 4) is 0 Å². The molecule has 2 aromatic rings. The molecule has 9 heteroatoms. The fraction of sp³-hybridized carbons (Fsp3) is 0.278. The largest absolute Gasteiger partial charge is 0.338 e. The van der Waals surface area contributed by atoms with Gasteiger partial charge in [0.25, 0.3) is 5.91 Å². The van der Waals surface area contributed by atoms with Crippen LogP contribution < -0.4 is 16.2 Å². The highest BCUT2D eigenvalue weighted by Gasteiger charge is 2.28. The number of hydrogen-bond acceptors (Lipinski definition) is 4. The molecule has 6 nitrogen and oxygen atoms in total. The molecule has 1 aromatic carbocycles. The Labute approximate surface area is 165 Å². The van der Waals surface area contributed by atoms with Gasteiger partial charge in [-0.2, -0.15) is 0 Å². The summed E-state index contributed by atoms with van der Waals surface area (Å²) >= 11 is 6.53. The summed E-state index contributed by atoms with van der Waals surface area (Å²) in [6, 6.07) is 9.39. The number of carbonyl (C=O) groups is 2. The first kappa shape index (κ1) is 19.2. The van der Waals surface area contributed by atoms with E-state index in [1.165, 1.54) is 23.5 Å². The Hall–Kier alpha value is -2.52. The van der Waals surface area contributed by atoms with Crippen molar-refractivity contribution in [3.63, 3.8) is 0 Å². The van der Waals surface area contributed by atoms with Crippen LogP contribution in [-0.2, 0) is 4.79 Å². The number of amides is 2. The van der Waals surface area contributed by atoms with Crippen LogP contribution in [0.4, 0.5) is 10.1 Å². The van der Waals surface area contributed by atoms with Gasteiger partial charge < -0.3 is 10.2 Å². The van der Waals surface area contributed by atoms with Crippen LogP contribution in [0.3, 0.4) is 0 Å². The molecule has 1 aromatic heterocycles. The fourth-order valence-electron chi connectivity index (χ4n) is 2.82. The average Bonchev–Trinajstić information content (AvgIpc) is 3.22. The molecule has 2 heterocycles. The van der Waals surface area contributed by atoms with Crippen molar-refractivity contribution >= 4 is 46.2 Å². The maximum absolute atomic E-state index is 12.9. The summed E-state index contributed by atoms with van der Waals surface area (Å²) in [5.74, 6) is -0.664. The normalized spacial score (nSPS) is 14.5. The lowest BCUT2D eigenvalue weighted by Crippen LogP contribution is -2.49. The molecule has 0 spiro atoms. The Balaban J connectivity index is 1.41. The van der Waals surface area contributed by atoms with Crippen LogP contribution in [0.25, 0.3) is 0 Å². The quantitative estimate of drug-likeness (QED) is 0.540. The summed E-state index contributed by atoms with van der Waals surface area (Å²) in [6.45, 7) is 1.10. The maximum atomic E-state index is 12.9. The Bertz CT molecular complexity index is 803. The van der Waals surface area contributed by atoms with Gasteiger partial charge in [-0.25, -0.2) is 4.39 Å². The van der Waals surface area contributed by atoms with E-state index in [0.717, 1.165) is 4.88 Å². The number of anilines is 1. The number of thiocarbonyl (C=S) groups is 1. The van der Waals surface area contributed by atoms with Gasteiger partial charge in [-0.05, 0) is 60.8 Å². The highest BCUT2D eigenvalue weighted by Crippen LogP contribution is 2.20. The molecule has 3 N–H and O–H groups in total. The first-order chi connectivity index (χ1) is 13.0. The predicted octanol–water partition coefficient (Wildman–Crippen LogP) is 2.76. The van der Waals surface area contributed by atoms with Crippen LogP contribution in [-0.4, -0.2) is 34.9 Å². The summed E-state index contributed by atoms with van der Waals surface area (Å²) in [6.07, 6.45) is 1.20. The van der Waals surface area contributed by atoms with Gasteiger partial charge in [-0.15, -0.1) is 11.3 Å². The molecule has 142 valence electrons. The molecular weight excluding hydrogens is 387 g/mol. The second-order valence-corrected chi connectivity index (χ2v) is 7.47. The van der Waals surface area contributed by atoms with Crippen molar-refractivity contribution in [2.24, 2.45) is 5.92 Å². The molecule has 0 atom stereocenters. The molecule has 0 saturated carbocycles. The minimum Gasteiger partial charge on any atom is -0.338 e. The van der Waals surface area contributed by atoms with Crippen molar-refractivity contribution < 1.29 is 14.0 Å². The smallest absolute Gasteiger partial charge is 0.263 e. The standard InChI is InChI=1S/C18H19FN4O2S2/c19-13-3-5-14(6-4-13)20-18(26)22-21-16(24)12-7-9-23(10-8-12)17(25)15-2-1-11-27-15/h1-6,11-12H,7-10H2,(H,21,24)(H2,20,22,26). The zero-order valence-corrected chi connectivity index (χ0v) is 16.0. The van der Waals surface area contributed by atoms with E-state index in [0.29, 0.717) is 31.6 Å². The van der Waals surface area contributed by atoms with Gasteiger partial charge in [-0.3, -0.25) is 20.4 Å². The topological polar surface area (TPSA) is 73.5 Å². The molecule has 3 rings (SSSR count). The number of likely N-dealkylation sites (tertiary alicyclic amines) is 1. The minimum atomic E-state index is -0.336. The van der Waals surface area contributed by atoms with E-state index >= 15 is 0 Å². The molecule has 27 heavy (non-hydrogen) atoms. The van der Waals surface area contributed by atoms with Gasteiger partial charge >= 0.3 is 0 Å². The van der Waals surface area contributed by atoms with Crippen LogP contribution in [0, 0.1) is 11.7 Å². The van der Waals surface area contributed by atoms with E-state index in [-0.39, 0.29) is 28.7 Å². The molecule has 1 fully saturated rings. The van der Waals surface area contributed by atoms with E-state index in [1.807, 2.05) is 17.5 Å². The van der Waals surface area contributed by atoms with Gasteiger partial charge in [0.15, 0.2) is 5.11 Å². The number of hydrogen-bond donors (Lipinski definition) is 3. The Morgan fingerprint density at radius 2 is 1.81 bits per heavy atom. The molecule has 0 unspecified atom stereocenters. The monoisotopic (exact) mass is 406 g/mol. The van der Waals surface area contributed by atoms with E-state index in [4.69, 9.17) is 12.2 Å². The number of hydrazine groups is 1. The van der Waals surface area contributed by atoms with Crippen LogP contribution in [0.2, 0.25) is 0 Å². The lowest BCUT2D eigenvalue weighted by atomic mass is 9.96. The third-order valence-electron chi connectivity index (χ3n) is 4.29. The number of benzene rings is 1. The average molecular weight is 407 g/mol. The van der Waals surface area contributed by atoms with Gasteiger partial charge in [-0.1, -0.05) is 6.07 Å². The third-order valence-corrected chi connectivity index (χ3v) is 5.35. The second kappa shape index (κ2) is 8.92. The zero-order valence-electron chi connectivity index (χ0n) is 14.4. The lowest BCUT2D eigenvalue weighted by Gasteiger charge is -2.31. The first-order valence-electron chi connectivity index (χ1n) is 8.48. The van der Waals surface area contributed by atoms with E-state index < -0.39 is 0 Å². The van der Waals surface area contributed by atoms with Crippen molar-refractivity contribution in [2.75, 3.05) is 18.4 Å². The Kier molecular flexibility index (Phi) is 6.36. The predicted molar refractivity (Wildman–Crippen MR) is 107 cm³/mol. The molecule has 1 saturated heterocycles. The van der Waals surface area contributed by atoms with Crippen LogP contribution in [0.15, 0.2) is 41.8 Å². The molecule has 0 radical (unpaired) electrons. The zero-order chi connectivity index (χ0) is 19.2. The molecular formula is C18H19FN4O2S2. The van der Waals surface area contributed by atoms with Crippen molar-refractivity contribution in [1.82, 2.24) is 15.8 Å². The highest BCUT2D eigenvalue weighted by atomic mass is 32.1. The molecule has 0 aliphatic carbocycles. The van der Waals surface area contributed by atoms with Crippen LogP contribution >= 0.6 is 23.6 Å². The SMILES string of the molecule is O=C(NNC(=S)Nc1ccc(F)cc1)C1CCN(C(=O)c2cccs2)CC1. The minimum absolute atomic E-state index is 0.0201. The number of nitrogens with one attached hydrogen (secondary N) is 3. The second-order valence-electron chi connectivity index (χ2n) is 6.12. The van der Waals surface area contributed by atoms with Gasteiger partial charge in [0.1, 0.15) is 5.82 Å². The fourth-order valence-corrected chi connectivity index (χ4v) is 3.68. The van der Waals surface area contributed by atoms with Crippen LogP contribution in [0.1, 0.15) is 22.5 Å². The Morgan fingerprint density at radius 3 is 2.44 bits per heavy atom. The highest BCUT2D eigenvalue weighted by molar-refractivity contribution is 7.80. The van der Waals surface area contributed by atoms with E-state index in [9.17, 15) is 14.0 Å².